The van der Waals surface area contributed by atoms with E-state index >= 15 is 0 Å². The van der Waals surface area contributed by atoms with Crippen molar-refractivity contribution >= 4 is 23.2 Å². The molecule has 0 heterocycles. The lowest BCUT2D eigenvalue weighted by Crippen LogP contribution is -2.20. The van der Waals surface area contributed by atoms with Gasteiger partial charge in [0.05, 0.1) is 11.1 Å². The van der Waals surface area contributed by atoms with Crippen molar-refractivity contribution in [3.8, 4) is 5.75 Å². The van der Waals surface area contributed by atoms with Gasteiger partial charge in [-0.15, -0.1) is 0 Å². The fourth-order valence-corrected chi connectivity index (χ4v) is 1.20. The highest BCUT2D eigenvalue weighted by molar-refractivity contribution is 6.32. The number of carbonyl (C=O) groups is 1. The van der Waals surface area contributed by atoms with Crippen LogP contribution in [0.25, 0.3) is 0 Å². The molecule has 0 aromatic heterocycles. The molecule has 0 aliphatic heterocycles. The molecule has 4 nitrogen and oxygen atoms in total. The predicted octanol–water partition coefficient (Wildman–Crippen LogP) is 2.41. The van der Waals surface area contributed by atoms with E-state index in [1.54, 1.807) is 6.07 Å². The van der Waals surface area contributed by atoms with Gasteiger partial charge in [-0.3, -0.25) is 4.79 Å². The van der Waals surface area contributed by atoms with Crippen LogP contribution in [-0.4, -0.2) is 23.7 Å². The van der Waals surface area contributed by atoms with E-state index in [0.717, 1.165) is 0 Å². The molecule has 0 unspecified atom stereocenters. The molecule has 0 saturated heterocycles. The summed E-state index contributed by atoms with van der Waals surface area (Å²) in [4.78, 5) is 11.4. The molecule has 0 radical (unpaired) electrons. The second-order valence-corrected chi connectivity index (χ2v) is 3.98. The lowest BCUT2D eigenvalue weighted by atomic mass is 10.3. The van der Waals surface area contributed by atoms with E-state index in [9.17, 15) is 9.90 Å². The minimum atomic E-state index is -0.254. The Labute approximate surface area is 99.2 Å². The molecular weight excluding hydrogens is 230 g/mol. The number of phenols is 1. The normalized spacial score (nSPS) is 10.5. The van der Waals surface area contributed by atoms with Crippen molar-refractivity contribution in [3.63, 3.8) is 0 Å². The van der Waals surface area contributed by atoms with Crippen LogP contribution in [0.5, 0.6) is 5.75 Å². The van der Waals surface area contributed by atoms with Gasteiger partial charge in [-0.25, -0.2) is 0 Å². The highest BCUT2D eigenvalue weighted by Crippen LogP contribution is 2.25. The Hall–Kier alpha value is -1.26. The van der Waals surface area contributed by atoms with E-state index in [1.165, 1.54) is 12.1 Å². The lowest BCUT2D eigenvalue weighted by Gasteiger charge is -2.08. The van der Waals surface area contributed by atoms with Gasteiger partial charge in [0.15, 0.2) is 0 Å². The molecule has 0 aliphatic carbocycles. The van der Waals surface area contributed by atoms with Crippen LogP contribution in [0.2, 0.25) is 5.02 Å². The maximum atomic E-state index is 11.4. The molecule has 16 heavy (non-hydrogen) atoms. The maximum Gasteiger partial charge on any atom is 0.250 e. The van der Waals surface area contributed by atoms with E-state index in [2.05, 4.69) is 5.32 Å². The number of carbonyl (C=O) groups excluding carboxylic acids is 1. The van der Waals surface area contributed by atoms with Gasteiger partial charge in [-0.05, 0) is 32.0 Å². The van der Waals surface area contributed by atoms with Gasteiger partial charge in [-0.2, -0.15) is 0 Å². The minimum absolute atomic E-state index is 0.00381. The van der Waals surface area contributed by atoms with Gasteiger partial charge in [0, 0.05) is 5.69 Å². The molecule has 0 fully saturated rings. The molecule has 1 aromatic rings. The molecule has 0 spiro atoms. The van der Waals surface area contributed by atoms with Crippen molar-refractivity contribution in [3.05, 3.63) is 23.2 Å². The largest absolute Gasteiger partial charge is 0.506 e. The lowest BCUT2D eigenvalue weighted by molar-refractivity contribution is -0.121. The molecule has 1 rings (SSSR count). The molecule has 1 amide bonds. The van der Waals surface area contributed by atoms with E-state index in [0.29, 0.717) is 5.69 Å². The maximum absolute atomic E-state index is 11.4. The molecular formula is C11H14ClNO3. The average Bonchev–Trinajstić information content (AvgIpc) is 2.21. The average molecular weight is 244 g/mol. The van der Waals surface area contributed by atoms with Crippen LogP contribution in [0, 0.1) is 0 Å². The first-order chi connectivity index (χ1) is 7.49. The molecule has 5 heteroatoms. The summed E-state index contributed by atoms with van der Waals surface area (Å²) in [5, 5.41) is 12.0. The smallest absolute Gasteiger partial charge is 0.250 e. The summed E-state index contributed by atoms with van der Waals surface area (Å²) >= 11 is 5.69. The summed E-state index contributed by atoms with van der Waals surface area (Å²) in [5.74, 6) is -0.270. The van der Waals surface area contributed by atoms with Crippen LogP contribution in [0.1, 0.15) is 13.8 Å². The van der Waals surface area contributed by atoms with Crippen molar-refractivity contribution in [2.45, 2.75) is 20.0 Å². The standard InChI is InChI=1S/C11H14ClNO3/c1-7(2)16-6-11(15)13-8-3-4-10(14)9(12)5-8/h3-5,7,14H,6H2,1-2H3,(H,13,15). The van der Waals surface area contributed by atoms with E-state index in [1.807, 2.05) is 13.8 Å². The van der Waals surface area contributed by atoms with Gasteiger partial charge < -0.3 is 15.2 Å². The first-order valence-electron chi connectivity index (χ1n) is 4.89. The molecule has 2 N–H and O–H groups in total. The molecule has 88 valence electrons. The summed E-state index contributed by atoms with van der Waals surface area (Å²) in [7, 11) is 0. The summed E-state index contributed by atoms with van der Waals surface area (Å²) < 4.78 is 5.14. The van der Waals surface area contributed by atoms with Gasteiger partial charge >= 0.3 is 0 Å². The van der Waals surface area contributed by atoms with E-state index < -0.39 is 0 Å². The summed E-state index contributed by atoms with van der Waals surface area (Å²) in [5.41, 5.74) is 0.528. The Bertz CT molecular complexity index is 379. The number of benzene rings is 1. The number of hydrogen-bond acceptors (Lipinski definition) is 3. The van der Waals surface area contributed by atoms with Crippen LogP contribution in [-0.2, 0) is 9.53 Å². The Morgan fingerprint density at radius 2 is 2.25 bits per heavy atom. The van der Waals surface area contributed by atoms with E-state index in [-0.39, 0.29) is 29.4 Å². The topological polar surface area (TPSA) is 58.6 Å². The van der Waals surface area contributed by atoms with Crippen molar-refractivity contribution in [1.82, 2.24) is 0 Å². The predicted molar refractivity (Wildman–Crippen MR) is 62.8 cm³/mol. The van der Waals surface area contributed by atoms with Gasteiger partial charge in [0.25, 0.3) is 0 Å². The highest BCUT2D eigenvalue weighted by atomic mass is 35.5. The monoisotopic (exact) mass is 243 g/mol. The van der Waals surface area contributed by atoms with Gasteiger partial charge in [0.2, 0.25) is 5.91 Å². The summed E-state index contributed by atoms with van der Waals surface area (Å²) in [6.07, 6.45) is 0.00848. The van der Waals surface area contributed by atoms with Crippen LogP contribution < -0.4 is 5.32 Å². The highest BCUT2D eigenvalue weighted by Gasteiger charge is 2.05. The fraction of sp³-hybridized carbons (Fsp3) is 0.364. The first kappa shape index (κ1) is 12.8. The third-order valence-corrected chi connectivity index (χ3v) is 2.08. The van der Waals surface area contributed by atoms with Crippen molar-refractivity contribution in [1.29, 1.82) is 0 Å². The fourth-order valence-electron chi connectivity index (χ4n) is 1.02. The first-order valence-corrected chi connectivity index (χ1v) is 5.27. The second-order valence-electron chi connectivity index (χ2n) is 3.57. The molecule has 0 bridgehead atoms. The molecule has 0 aliphatic rings. The Morgan fingerprint density at radius 1 is 1.56 bits per heavy atom. The third-order valence-electron chi connectivity index (χ3n) is 1.78. The number of anilines is 1. The SMILES string of the molecule is CC(C)OCC(=O)Nc1ccc(O)c(Cl)c1. The Kier molecular flexibility index (Phi) is 4.58. The second kappa shape index (κ2) is 5.72. The van der Waals surface area contributed by atoms with Crippen LogP contribution in [0.3, 0.4) is 0 Å². The third kappa shape index (κ3) is 4.08. The molecule has 0 atom stereocenters. The quantitative estimate of drug-likeness (QED) is 0.799. The van der Waals surface area contributed by atoms with Crippen LogP contribution in [0.4, 0.5) is 5.69 Å². The zero-order chi connectivity index (χ0) is 12.1. The molecule has 0 saturated carbocycles. The number of ether oxygens (including phenoxy) is 1. The number of amides is 1. The Morgan fingerprint density at radius 3 is 2.81 bits per heavy atom. The van der Waals surface area contributed by atoms with Crippen LogP contribution >= 0.6 is 11.6 Å². The Balaban J connectivity index is 2.53. The minimum Gasteiger partial charge on any atom is -0.506 e. The van der Waals surface area contributed by atoms with Crippen molar-refractivity contribution < 1.29 is 14.6 Å². The summed E-state index contributed by atoms with van der Waals surface area (Å²) in [6, 6.07) is 4.46. The van der Waals surface area contributed by atoms with Gasteiger partial charge in [0.1, 0.15) is 12.4 Å². The molecule has 1 aromatic carbocycles. The number of nitrogens with one attached hydrogen (secondary N) is 1. The van der Waals surface area contributed by atoms with Crippen LogP contribution in [0.15, 0.2) is 18.2 Å². The van der Waals surface area contributed by atoms with Crippen molar-refractivity contribution in [2.24, 2.45) is 0 Å². The number of hydrogen-bond donors (Lipinski definition) is 2. The van der Waals surface area contributed by atoms with Gasteiger partial charge in [-0.1, -0.05) is 11.6 Å². The number of aromatic hydroxyl groups is 1. The van der Waals surface area contributed by atoms with Crippen molar-refractivity contribution in [2.75, 3.05) is 11.9 Å². The summed E-state index contributed by atoms with van der Waals surface area (Å²) in [6.45, 7) is 3.70. The zero-order valence-electron chi connectivity index (χ0n) is 9.16. The van der Waals surface area contributed by atoms with E-state index in [4.69, 9.17) is 16.3 Å². The number of phenolic OH excluding ortho intramolecular Hbond substituents is 1. The number of rotatable bonds is 4. The number of halogens is 1. The zero-order valence-corrected chi connectivity index (χ0v) is 9.91.